The van der Waals surface area contributed by atoms with Crippen LogP contribution in [0.15, 0.2) is 103 Å². The van der Waals surface area contributed by atoms with Crippen LogP contribution in [0.5, 0.6) is 0 Å². The molecule has 7 aromatic rings. The van der Waals surface area contributed by atoms with Gasteiger partial charge in [0.1, 0.15) is 0 Å². The Kier molecular flexibility index (Phi) is 10.6. The largest absolute Gasteiger partial charge is 0.271 e. The number of unbranched alkanes of at least 4 members (excludes halogenated alkanes) is 6. The highest BCUT2D eigenvalue weighted by molar-refractivity contribution is 6.41. The van der Waals surface area contributed by atoms with E-state index in [2.05, 4.69) is 19.9 Å². The Balaban J connectivity index is 0.975. The molecule has 0 bridgehead atoms. The monoisotopic (exact) mass is 834 g/mol. The highest BCUT2D eigenvalue weighted by Crippen LogP contribution is 2.47. The van der Waals surface area contributed by atoms with Crippen LogP contribution in [0.1, 0.15) is 143 Å². The third kappa shape index (κ3) is 6.70. The number of hydrogen-bond acceptors (Lipinski definition) is 7. The standard InChI is InChI=1S/C54H50N4O5/c1-3-5-7-10-14-35(15-11-8-6-4-2)57-53(61)44-28-24-40-38-22-26-42-49-43(27-23-39(47(38)49)41-25-29-45(54(57)62)50(44)48(40)41)52(60)56(51(42)59)32-33-18-20-34(21-19-33)46-30-37(31-55)63-58(46)36-16-12-9-13-17-36/h9,12-13,16-29,35,37,46H,3-8,10-11,14-15,30,32H2,1-2H3/t37?,46-/m0/s1. The zero-order chi connectivity index (χ0) is 43.4. The highest BCUT2D eigenvalue weighted by Gasteiger charge is 2.40. The number of anilines is 1. The molecule has 0 saturated carbocycles. The normalized spacial score (nSPS) is 17.5. The Morgan fingerprint density at radius 2 is 1.08 bits per heavy atom. The van der Waals surface area contributed by atoms with E-state index in [9.17, 15) is 24.4 Å². The molecule has 1 saturated heterocycles. The fourth-order valence-corrected chi connectivity index (χ4v) is 10.6. The molecule has 0 N–H and O–H groups in total. The van der Waals surface area contributed by atoms with E-state index in [1.165, 1.54) is 4.90 Å². The molecule has 63 heavy (non-hydrogen) atoms. The number of carbonyl (C=O) groups excluding carboxylic acids is 4. The second kappa shape index (κ2) is 16.6. The molecule has 1 unspecified atom stereocenters. The summed E-state index contributed by atoms with van der Waals surface area (Å²) in [7, 11) is 0. The zero-order valence-corrected chi connectivity index (χ0v) is 35.9. The van der Waals surface area contributed by atoms with E-state index in [1.807, 2.05) is 103 Å². The van der Waals surface area contributed by atoms with Gasteiger partial charge in [-0.1, -0.05) is 132 Å². The summed E-state index contributed by atoms with van der Waals surface area (Å²) in [4.78, 5) is 66.7. The van der Waals surface area contributed by atoms with Crippen molar-refractivity contribution in [1.29, 1.82) is 5.26 Å². The summed E-state index contributed by atoms with van der Waals surface area (Å²) >= 11 is 0. The van der Waals surface area contributed by atoms with Crippen LogP contribution in [-0.4, -0.2) is 45.6 Å². The molecule has 0 radical (unpaired) electrons. The second-order valence-corrected chi connectivity index (χ2v) is 17.5. The summed E-state index contributed by atoms with van der Waals surface area (Å²) in [6.07, 6.45) is 10.3. The lowest BCUT2D eigenvalue weighted by Gasteiger charge is -2.35. The smallest absolute Gasteiger partial charge is 0.261 e. The number of amides is 4. The molecule has 1 fully saturated rings. The van der Waals surface area contributed by atoms with Gasteiger partial charge in [0.15, 0.2) is 6.10 Å². The Morgan fingerprint density at radius 1 is 0.587 bits per heavy atom. The average Bonchev–Trinajstić information content (AvgIpc) is 3.76. The number of para-hydroxylation sites is 1. The molecule has 3 heterocycles. The van der Waals surface area contributed by atoms with Crippen molar-refractivity contribution in [3.05, 3.63) is 137 Å². The number of nitriles is 1. The van der Waals surface area contributed by atoms with Crippen molar-refractivity contribution in [2.45, 2.75) is 109 Å². The van der Waals surface area contributed by atoms with Gasteiger partial charge in [0, 0.05) is 45.5 Å². The number of benzene rings is 7. The second-order valence-electron chi connectivity index (χ2n) is 17.5. The predicted molar refractivity (Wildman–Crippen MR) is 247 cm³/mol. The average molecular weight is 835 g/mol. The third-order valence-corrected chi connectivity index (χ3v) is 13.7. The van der Waals surface area contributed by atoms with Gasteiger partial charge in [0.25, 0.3) is 23.6 Å². The first-order valence-corrected chi connectivity index (χ1v) is 22.8. The van der Waals surface area contributed by atoms with Crippen LogP contribution >= 0.6 is 0 Å². The number of imide groups is 2. The van der Waals surface area contributed by atoms with Gasteiger partial charge < -0.3 is 0 Å². The van der Waals surface area contributed by atoms with Crippen molar-refractivity contribution in [2.75, 3.05) is 5.06 Å². The first-order chi connectivity index (χ1) is 30.8. The van der Waals surface area contributed by atoms with E-state index in [1.54, 1.807) is 9.96 Å². The van der Waals surface area contributed by atoms with Crippen LogP contribution in [-0.2, 0) is 11.4 Å². The minimum atomic E-state index is -0.572. The maximum Gasteiger partial charge on any atom is 0.261 e. The fraction of sp³-hybridized carbons (Fsp3) is 0.315. The van der Waals surface area contributed by atoms with E-state index < -0.39 is 6.10 Å². The molecular weight excluding hydrogens is 785 g/mol. The molecule has 0 aromatic heterocycles. The number of nitrogens with zero attached hydrogens (tertiary/aromatic N) is 4. The van der Waals surface area contributed by atoms with Gasteiger partial charge in [-0.05, 0) is 92.7 Å². The molecule has 4 amide bonds. The van der Waals surface area contributed by atoms with Gasteiger partial charge in [-0.2, -0.15) is 5.26 Å². The molecule has 9 heteroatoms. The van der Waals surface area contributed by atoms with Crippen molar-refractivity contribution in [3.63, 3.8) is 0 Å². The van der Waals surface area contributed by atoms with Gasteiger partial charge in [-0.3, -0.25) is 33.8 Å². The summed E-state index contributed by atoms with van der Waals surface area (Å²) < 4.78 is 0. The van der Waals surface area contributed by atoms with Gasteiger partial charge >= 0.3 is 0 Å². The SMILES string of the molecule is CCCCCCC(CCCCCC)N1C(=O)c2ccc3c4ccc5c6c(ccc(c7ccc(c2c37)C1=O)c64)C(=O)N(Cc1ccc([C@@H]2CC(C#N)ON2c2ccccc2)cc1)C5=O. The van der Waals surface area contributed by atoms with Crippen molar-refractivity contribution in [3.8, 4) is 6.07 Å². The minimum absolute atomic E-state index is 0.0951. The number of rotatable bonds is 15. The van der Waals surface area contributed by atoms with Crippen LogP contribution in [0, 0.1) is 11.3 Å². The number of fused-ring (bicyclic) bond motifs is 2. The first kappa shape index (κ1) is 40.4. The Bertz CT molecular complexity index is 2860. The summed E-state index contributed by atoms with van der Waals surface area (Å²) in [5.41, 5.74) is 4.65. The molecular formula is C54H50N4O5. The number of carbonyl (C=O) groups is 4. The minimum Gasteiger partial charge on any atom is -0.271 e. The lowest BCUT2D eigenvalue weighted by atomic mass is 9.82. The molecule has 2 atom stereocenters. The Morgan fingerprint density at radius 3 is 1.56 bits per heavy atom. The van der Waals surface area contributed by atoms with Gasteiger partial charge in [0.05, 0.1) is 24.3 Å². The molecule has 3 aliphatic heterocycles. The van der Waals surface area contributed by atoms with Gasteiger partial charge in [-0.25, -0.2) is 5.06 Å². The quantitative estimate of drug-likeness (QED) is 0.0437. The topological polar surface area (TPSA) is 111 Å². The van der Waals surface area contributed by atoms with E-state index >= 15 is 0 Å². The molecule has 7 aromatic carbocycles. The van der Waals surface area contributed by atoms with Gasteiger partial charge in [0.2, 0.25) is 0 Å². The lowest BCUT2D eigenvalue weighted by Crippen LogP contribution is -2.47. The van der Waals surface area contributed by atoms with Crippen LogP contribution in [0.3, 0.4) is 0 Å². The number of hydrogen-bond donors (Lipinski definition) is 0. The van der Waals surface area contributed by atoms with E-state index in [0.717, 1.165) is 113 Å². The molecule has 0 spiro atoms. The van der Waals surface area contributed by atoms with Crippen molar-refractivity contribution >= 4 is 72.4 Å². The van der Waals surface area contributed by atoms with E-state index in [4.69, 9.17) is 4.84 Å². The van der Waals surface area contributed by atoms with E-state index in [0.29, 0.717) is 39.4 Å². The molecule has 10 rings (SSSR count). The highest BCUT2D eigenvalue weighted by atomic mass is 16.7. The number of hydroxylamine groups is 1. The van der Waals surface area contributed by atoms with Crippen molar-refractivity contribution in [2.24, 2.45) is 0 Å². The molecule has 316 valence electrons. The van der Waals surface area contributed by atoms with Crippen LogP contribution < -0.4 is 5.06 Å². The Hall–Kier alpha value is -6.63. The summed E-state index contributed by atoms with van der Waals surface area (Å²) in [5, 5.41) is 18.0. The first-order valence-electron chi connectivity index (χ1n) is 22.8. The zero-order valence-electron chi connectivity index (χ0n) is 35.9. The summed E-state index contributed by atoms with van der Waals surface area (Å²) in [6.45, 7) is 4.48. The summed E-state index contributed by atoms with van der Waals surface area (Å²) in [5.74, 6) is -1.15. The van der Waals surface area contributed by atoms with Crippen molar-refractivity contribution in [1.82, 2.24) is 9.80 Å². The van der Waals surface area contributed by atoms with Gasteiger partial charge in [-0.15, -0.1) is 0 Å². The third-order valence-electron chi connectivity index (χ3n) is 13.7. The molecule has 9 nitrogen and oxygen atoms in total. The maximum absolute atomic E-state index is 14.5. The van der Waals surface area contributed by atoms with Crippen LogP contribution in [0.4, 0.5) is 5.69 Å². The predicted octanol–water partition coefficient (Wildman–Crippen LogP) is 12.2. The Labute approximate surface area is 367 Å². The van der Waals surface area contributed by atoms with Crippen LogP contribution in [0.25, 0.3) is 43.1 Å². The lowest BCUT2D eigenvalue weighted by molar-refractivity contribution is 0.0514. The molecule has 3 aliphatic rings. The molecule has 0 aliphatic carbocycles. The van der Waals surface area contributed by atoms with E-state index in [-0.39, 0.29) is 42.3 Å². The fourth-order valence-electron chi connectivity index (χ4n) is 10.6. The van der Waals surface area contributed by atoms with Crippen molar-refractivity contribution < 1.29 is 24.0 Å². The van der Waals surface area contributed by atoms with Crippen LogP contribution in [0.2, 0.25) is 0 Å². The maximum atomic E-state index is 14.5. The summed E-state index contributed by atoms with van der Waals surface area (Å²) in [6, 6.07) is 34.7.